The van der Waals surface area contributed by atoms with Crippen molar-refractivity contribution in [2.45, 2.75) is 39.7 Å². The van der Waals surface area contributed by atoms with Gasteiger partial charge in [0.25, 0.3) is 0 Å². The zero-order chi connectivity index (χ0) is 22.4. The molecule has 0 spiro atoms. The number of amides is 2. The van der Waals surface area contributed by atoms with E-state index in [9.17, 15) is 9.59 Å². The van der Waals surface area contributed by atoms with Crippen LogP contribution in [-0.2, 0) is 16.0 Å². The topological polar surface area (TPSA) is 77.1 Å². The monoisotopic (exact) mass is 426 g/mol. The van der Waals surface area contributed by atoms with Crippen molar-refractivity contribution in [3.05, 3.63) is 53.1 Å². The Balaban J connectivity index is 1.96. The second-order valence-corrected chi connectivity index (χ2v) is 7.40. The molecule has 0 bridgehead atoms. The number of esters is 1. The van der Waals surface area contributed by atoms with Crippen LogP contribution in [-0.4, -0.2) is 43.8 Å². The van der Waals surface area contributed by atoms with Crippen molar-refractivity contribution in [1.29, 1.82) is 0 Å². The van der Waals surface area contributed by atoms with Crippen molar-refractivity contribution in [2.24, 2.45) is 0 Å². The van der Waals surface area contributed by atoms with E-state index < -0.39 is 6.04 Å². The number of nitrogens with one attached hydrogen (secondary N) is 1. The molecule has 1 atom stereocenters. The van der Waals surface area contributed by atoms with Crippen molar-refractivity contribution in [3.63, 3.8) is 0 Å². The maximum atomic E-state index is 13.2. The molecule has 0 fully saturated rings. The van der Waals surface area contributed by atoms with E-state index in [2.05, 4.69) is 5.32 Å². The lowest BCUT2D eigenvalue weighted by molar-refractivity contribution is -0.141. The maximum Gasteiger partial charge on any atom is 0.322 e. The third-order valence-corrected chi connectivity index (χ3v) is 5.28. The van der Waals surface area contributed by atoms with Crippen LogP contribution >= 0.6 is 0 Å². The number of benzene rings is 2. The van der Waals surface area contributed by atoms with Crippen LogP contribution in [0.15, 0.2) is 36.4 Å². The zero-order valence-electron chi connectivity index (χ0n) is 18.6. The summed E-state index contributed by atoms with van der Waals surface area (Å²) in [6.07, 6.45) is 0.713. The van der Waals surface area contributed by atoms with Gasteiger partial charge in [-0.1, -0.05) is 12.1 Å². The summed E-state index contributed by atoms with van der Waals surface area (Å²) in [6, 6.07) is 10.8. The van der Waals surface area contributed by atoms with Gasteiger partial charge in [0.05, 0.1) is 32.8 Å². The molecule has 0 unspecified atom stereocenters. The Kier molecular flexibility index (Phi) is 7.39. The second kappa shape index (κ2) is 10.2. The van der Waals surface area contributed by atoms with Gasteiger partial charge in [-0.25, -0.2) is 4.79 Å². The Labute approximate surface area is 183 Å². The molecule has 0 saturated carbocycles. The number of anilines is 1. The number of hydrogen-bond acceptors (Lipinski definition) is 5. The summed E-state index contributed by atoms with van der Waals surface area (Å²) in [7, 11) is 1.35. The van der Waals surface area contributed by atoms with Crippen LogP contribution in [0.5, 0.6) is 11.5 Å². The SMILES string of the molecule is CCOc1cc2c(cc1OCC)[C@H](CC(=O)OC)N(C(=O)Nc1cccc(C)c1)CC2. The highest BCUT2D eigenvalue weighted by Crippen LogP contribution is 2.40. The Morgan fingerprint density at radius 1 is 1.10 bits per heavy atom. The number of carbonyl (C=O) groups excluding carboxylic acids is 2. The van der Waals surface area contributed by atoms with Crippen LogP contribution in [0.2, 0.25) is 0 Å². The maximum absolute atomic E-state index is 13.2. The highest BCUT2D eigenvalue weighted by atomic mass is 16.5. The number of methoxy groups -OCH3 is 1. The van der Waals surface area contributed by atoms with Gasteiger partial charge < -0.3 is 24.4 Å². The fourth-order valence-corrected chi connectivity index (χ4v) is 3.87. The minimum absolute atomic E-state index is 0.0598. The molecule has 1 heterocycles. The smallest absolute Gasteiger partial charge is 0.322 e. The van der Waals surface area contributed by atoms with Crippen molar-refractivity contribution < 1.29 is 23.8 Å². The quantitative estimate of drug-likeness (QED) is 0.660. The number of aryl methyl sites for hydroxylation is 1. The standard InChI is InChI=1S/C24H30N2O5/c1-5-30-21-13-17-10-11-26(24(28)25-18-9-7-8-16(3)12-18)20(15-23(27)29-4)19(17)14-22(21)31-6-2/h7-9,12-14,20H,5-6,10-11,15H2,1-4H3,(H,25,28)/t20-/m0/s1. The van der Waals surface area contributed by atoms with Gasteiger partial charge in [-0.05, 0) is 68.1 Å². The fraction of sp³-hybridized carbons (Fsp3) is 0.417. The Bertz CT molecular complexity index is 944. The van der Waals surface area contributed by atoms with Crippen LogP contribution in [0.1, 0.15) is 43.0 Å². The summed E-state index contributed by atoms with van der Waals surface area (Å²) in [5, 5.41) is 2.95. The van der Waals surface area contributed by atoms with E-state index in [1.807, 2.05) is 57.2 Å². The molecule has 1 aliphatic rings. The number of fused-ring (bicyclic) bond motifs is 1. The summed E-state index contributed by atoms with van der Waals surface area (Å²) >= 11 is 0. The predicted molar refractivity (Wildman–Crippen MR) is 119 cm³/mol. The summed E-state index contributed by atoms with van der Waals surface area (Å²) in [5.74, 6) is 0.912. The lowest BCUT2D eigenvalue weighted by atomic mass is 9.90. The average molecular weight is 427 g/mol. The summed E-state index contributed by atoms with van der Waals surface area (Å²) in [6.45, 7) is 7.28. The third-order valence-electron chi connectivity index (χ3n) is 5.28. The van der Waals surface area contributed by atoms with E-state index in [1.54, 1.807) is 4.90 Å². The van der Waals surface area contributed by atoms with E-state index >= 15 is 0 Å². The van der Waals surface area contributed by atoms with Crippen molar-refractivity contribution in [1.82, 2.24) is 4.90 Å². The first-order chi connectivity index (χ1) is 15.0. The molecule has 1 N–H and O–H groups in total. The highest BCUT2D eigenvalue weighted by molar-refractivity contribution is 5.90. The van der Waals surface area contributed by atoms with Crippen molar-refractivity contribution >= 4 is 17.7 Å². The van der Waals surface area contributed by atoms with Crippen LogP contribution in [0, 0.1) is 6.92 Å². The molecule has 7 heteroatoms. The minimum Gasteiger partial charge on any atom is -0.490 e. The molecular weight excluding hydrogens is 396 g/mol. The minimum atomic E-state index is -0.462. The lowest BCUT2D eigenvalue weighted by Gasteiger charge is -2.37. The fourth-order valence-electron chi connectivity index (χ4n) is 3.87. The predicted octanol–water partition coefficient (Wildman–Crippen LogP) is 4.49. The molecular formula is C24H30N2O5. The van der Waals surface area contributed by atoms with Crippen LogP contribution in [0.25, 0.3) is 0 Å². The summed E-state index contributed by atoms with van der Waals surface area (Å²) in [4.78, 5) is 27.1. The van der Waals surface area contributed by atoms with Crippen LogP contribution in [0.4, 0.5) is 10.5 Å². The van der Waals surface area contributed by atoms with Crippen molar-refractivity contribution in [3.8, 4) is 11.5 Å². The first-order valence-corrected chi connectivity index (χ1v) is 10.6. The molecule has 0 aromatic heterocycles. The number of rotatable bonds is 7. The van der Waals surface area contributed by atoms with Crippen molar-refractivity contribution in [2.75, 3.05) is 32.2 Å². The zero-order valence-corrected chi connectivity index (χ0v) is 18.6. The van der Waals surface area contributed by atoms with E-state index in [4.69, 9.17) is 14.2 Å². The molecule has 166 valence electrons. The highest BCUT2D eigenvalue weighted by Gasteiger charge is 2.34. The Hall–Kier alpha value is -3.22. The van der Waals surface area contributed by atoms with E-state index in [0.717, 1.165) is 16.7 Å². The Morgan fingerprint density at radius 3 is 2.45 bits per heavy atom. The number of nitrogens with zero attached hydrogens (tertiary/aromatic N) is 1. The van der Waals surface area contributed by atoms with Gasteiger partial charge in [0.15, 0.2) is 11.5 Å². The van der Waals surface area contributed by atoms with Gasteiger partial charge in [0.1, 0.15) is 0 Å². The molecule has 0 aliphatic carbocycles. The lowest BCUT2D eigenvalue weighted by Crippen LogP contribution is -2.43. The molecule has 3 rings (SSSR count). The Morgan fingerprint density at radius 2 is 1.81 bits per heavy atom. The number of urea groups is 1. The van der Waals surface area contributed by atoms with Gasteiger partial charge in [-0.15, -0.1) is 0 Å². The second-order valence-electron chi connectivity index (χ2n) is 7.40. The molecule has 2 aromatic rings. The normalized spacial score (nSPS) is 15.1. The molecule has 0 saturated heterocycles. The first-order valence-electron chi connectivity index (χ1n) is 10.6. The number of hydrogen-bond donors (Lipinski definition) is 1. The first kappa shape index (κ1) is 22.5. The molecule has 2 amide bonds. The molecule has 2 aromatic carbocycles. The van der Waals surface area contributed by atoms with E-state index in [0.29, 0.717) is 43.4 Å². The number of carbonyl (C=O) groups is 2. The average Bonchev–Trinajstić information content (AvgIpc) is 2.74. The van der Waals surface area contributed by atoms with Crippen LogP contribution in [0.3, 0.4) is 0 Å². The molecule has 31 heavy (non-hydrogen) atoms. The molecule has 7 nitrogen and oxygen atoms in total. The largest absolute Gasteiger partial charge is 0.490 e. The van der Waals surface area contributed by atoms with Gasteiger partial charge in [-0.2, -0.15) is 0 Å². The molecule has 0 radical (unpaired) electrons. The van der Waals surface area contributed by atoms with Gasteiger partial charge in [0.2, 0.25) is 0 Å². The van der Waals surface area contributed by atoms with Gasteiger partial charge in [-0.3, -0.25) is 4.79 Å². The molecule has 1 aliphatic heterocycles. The van der Waals surface area contributed by atoms with Crippen LogP contribution < -0.4 is 14.8 Å². The third kappa shape index (κ3) is 5.29. The summed E-state index contributed by atoms with van der Waals surface area (Å²) < 4.78 is 16.4. The van der Waals surface area contributed by atoms with Gasteiger partial charge in [0, 0.05) is 12.2 Å². The van der Waals surface area contributed by atoms with Gasteiger partial charge >= 0.3 is 12.0 Å². The summed E-state index contributed by atoms with van der Waals surface area (Å²) in [5.41, 5.74) is 3.69. The van der Waals surface area contributed by atoms with E-state index in [1.165, 1.54) is 7.11 Å². The number of ether oxygens (including phenoxy) is 3. The van der Waals surface area contributed by atoms with E-state index in [-0.39, 0.29) is 18.4 Å².